The first-order valence-electron chi connectivity index (χ1n) is 31.8. The van der Waals surface area contributed by atoms with Crippen LogP contribution in [0.1, 0.15) is 355 Å². The summed E-state index contributed by atoms with van der Waals surface area (Å²) in [6.45, 7) is 6.64. The van der Waals surface area contributed by atoms with Gasteiger partial charge < -0.3 is 14.2 Å². The number of esters is 3. The van der Waals surface area contributed by atoms with Crippen molar-refractivity contribution >= 4 is 17.9 Å². The van der Waals surface area contributed by atoms with Gasteiger partial charge in [-0.1, -0.05) is 295 Å². The molecule has 418 valence electrons. The fourth-order valence-electron chi connectivity index (χ4n) is 9.60. The highest BCUT2D eigenvalue weighted by Gasteiger charge is 2.19. The summed E-state index contributed by atoms with van der Waals surface area (Å²) in [6.07, 6.45) is 72.1. The Kier molecular flexibility index (Phi) is 58.6. The van der Waals surface area contributed by atoms with Crippen LogP contribution >= 0.6 is 0 Å². The molecule has 0 saturated heterocycles. The zero-order valence-corrected chi connectivity index (χ0v) is 48.0. The molecule has 0 saturated carbocycles. The summed E-state index contributed by atoms with van der Waals surface area (Å²) in [6, 6.07) is 0. The fourth-order valence-corrected chi connectivity index (χ4v) is 9.60. The summed E-state index contributed by atoms with van der Waals surface area (Å²) in [7, 11) is 0. The number of hydrogen-bond acceptors (Lipinski definition) is 6. The van der Waals surface area contributed by atoms with Crippen molar-refractivity contribution in [2.75, 3.05) is 13.2 Å². The van der Waals surface area contributed by atoms with Gasteiger partial charge in [-0.05, 0) is 64.2 Å². The third-order valence-corrected chi connectivity index (χ3v) is 14.4. The molecule has 0 aliphatic heterocycles. The van der Waals surface area contributed by atoms with Crippen LogP contribution in [0.15, 0.2) is 24.3 Å². The Morgan fingerprint density at radius 3 is 0.746 bits per heavy atom. The average molecular weight is 1000 g/mol. The molecule has 0 aliphatic rings. The van der Waals surface area contributed by atoms with E-state index in [0.29, 0.717) is 19.3 Å². The van der Waals surface area contributed by atoms with Gasteiger partial charge in [0.25, 0.3) is 0 Å². The quantitative estimate of drug-likeness (QED) is 0.0261. The molecule has 1 unspecified atom stereocenters. The van der Waals surface area contributed by atoms with Crippen molar-refractivity contribution in [3.8, 4) is 0 Å². The normalized spacial score (nSPS) is 12.1. The molecule has 0 amide bonds. The Morgan fingerprint density at radius 1 is 0.268 bits per heavy atom. The van der Waals surface area contributed by atoms with Crippen LogP contribution in [-0.4, -0.2) is 37.2 Å². The minimum absolute atomic E-state index is 0.0684. The van der Waals surface area contributed by atoms with Crippen molar-refractivity contribution in [1.29, 1.82) is 0 Å². The molecule has 0 heterocycles. The lowest BCUT2D eigenvalue weighted by Gasteiger charge is -2.18. The van der Waals surface area contributed by atoms with Crippen LogP contribution in [0.25, 0.3) is 0 Å². The lowest BCUT2D eigenvalue weighted by Crippen LogP contribution is -2.30. The molecular formula is C65H122O6. The van der Waals surface area contributed by atoms with Crippen LogP contribution in [0.3, 0.4) is 0 Å². The maximum atomic E-state index is 12.8. The Bertz CT molecular complexity index is 1150. The summed E-state index contributed by atoms with van der Waals surface area (Å²) >= 11 is 0. The third-order valence-electron chi connectivity index (χ3n) is 14.4. The summed E-state index contributed by atoms with van der Waals surface area (Å²) < 4.78 is 16.9. The topological polar surface area (TPSA) is 78.9 Å². The third kappa shape index (κ3) is 58.7. The second kappa shape index (κ2) is 60.4. The van der Waals surface area contributed by atoms with E-state index >= 15 is 0 Å². The van der Waals surface area contributed by atoms with Gasteiger partial charge in [0.2, 0.25) is 0 Å². The summed E-state index contributed by atoms with van der Waals surface area (Å²) in [5, 5.41) is 0. The standard InChI is InChI=1S/C65H122O6/c1-4-7-10-13-16-19-22-24-25-26-27-28-29-30-31-32-33-34-35-36-37-38-39-41-43-46-49-52-55-58-64(67)70-61-62(60-69-63(66)57-54-51-48-45-42-21-18-15-12-9-6-3)71-65(68)59-56-53-50-47-44-40-23-20-17-14-11-8-5-2/h15,18,26-27,62H,4-14,16-17,19-25,28-61H2,1-3H3/b18-15-,27-26-. The monoisotopic (exact) mass is 999 g/mol. The molecule has 71 heavy (non-hydrogen) atoms. The molecule has 0 rings (SSSR count). The van der Waals surface area contributed by atoms with E-state index in [2.05, 4.69) is 45.1 Å². The zero-order valence-electron chi connectivity index (χ0n) is 48.0. The largest absolute Gasteiger partial charge is 0.462 e. The van der Waals surface area contributed by atoms with Gasteiger partial charge in [-0.3, -0.25) is 14.4 Å². The molecule has 0 aromatic rings. The zero-order chi connectivity index (χ0) is 51.4. The van der Waals surface area contributed by atoms with E-state index in [-0.39, 0.29) is 31.1 Å². The van der Waals surface area contributed by atoms with Gasteiger partial charge in [-0.2, -0.15) is 0 Å². The Balaban J connectivity index is 4.08. The summed E-state index contributed by atoms with van der Waals surface area (Å²) in [5.41, 5.74) is 0. The first-order chi connectivity index (χ1) is 35.0. The van der Waals surface area contributed by atoms with Crippen molar-refractivity contribution in [1.82, 2.24) is 0 Å². The second-order valence-electron chi connectivity index (χ2n) is 21.7. The van der Waals surface area contributed by atoms with Gasteiger partial charge in [0.05, 0.1) is 0 Å². The SMILES string of the molecule is CCCC/C=C\CCCCCCCC(=O)OCC(COC(=O)CCCCCCCCCCCCCCCCCCC/C=C\CCCCCCCCCC)OC(=O)CCCCCCCCCCCCCCC. The molecule has 6 heteroatoms. The van der Waals surface area contributed by atoms with E-state index in [9.17, 15) is 14.4 Å². The molecule has 0 N–H and O–H groups in total. The number of carbonyl (C=O) groups excluding carboxylic acids is 3. The number of unbranched alkanes of at least 4 members (excludes halogenated alkanes) is 44. The van der Waals surface area contributed by atoms with Crippen molar-refractivity contribution in [3.63, 3.8) is 0 Å². The van der Waals surface area contributed by atoms with Crippen molar-refractivity contribution in [2.45, 2.75) is 361 Å². The molecule has 6 nitrogen and oxygen atoms in total. The van der Waals surface area contributed by atoms with Crippen LogP contribution in [0.4, 0.5) is 0 Å². The molecule has 0 radical (unpaired) electrons. The Morgan fingerprint density at radius 2 is 0.479 bits per heavy atom. The number of ether oxygens (including phenoxy) is 3. The van der Waals surface area contributed by atoms with E-state index < -0.39 is 6.10 Å². The van der Waals surface area contributed by atoms with Crippen LogP contribution in [0.5, 0.6) is 0 Å². The van der Waals surface area contributed by atoms with E-state index in [1.54, 1.807) is 0 Å². The van der Waals surface area contributed by atoms with Gasteiger partial charge >= 0.3 is 17.9 Å². The predicted octanol–water partition coefficient (Wildman–Crippen LogP) is 21.4. The number of carbonyl (C=O) groups is 3. The highest BCUT2D eigenvalue weighted by Crippen LogP contribution is 2.18. The Hall–Kier alpha value is -2.11. The van der Waals surface area contributed by atoms with Gasteiger partial charge in [0.1, 0.15) is 13.2 Å². The molecule has 0 spiro atoms. The van der Waals surface area contributed by atoms with E-state index in [4.69, 9.17) is 14.2 Å². The highest BCUT2D eigenvalue weighted by atomic mass is 16.6. The minimum Gasteiger partial charge on any atom is -0.462 e. The highest BCUT2D eigenvalue weighted by molar-refractivity contribution is 5.71. The average Bonchev–Trinajstić information content (AvgIpc) is 3.37. The van der Waals surface area contributed by atoms with Crippen molar-refractivity contribution < 1.29 is 28.6 Å². The van der Waals surface area contributed by atoms with Gasteiger partial charge in [-0.15, -0.1) is 0 Å². The molecule has 0 fully saturated rings. The lowest BCUT2D eigenvalue weighted by molar-refractivity contribution is -0.167. The van der Waals surface area contributed by atoms with Gasteiger partial charge in [0, 0.05) is 19.3 Å². The van der Waals surface area contributed by atoms with Crippen LogP contribution in [-0.2, 0) is 28.6 Å². The molecule has 0 aromatic heterocycles. The van der Waals surface area contributed by atoms with E-state index in [1.807, 2.05) is 0 Å². The molecule has 0 bridgehead atoms. The molecule has 0 aliphatic carbocycles. The van der Waals surface area contributed by atoms with Crippen molar-refractivity contribution in [2.24, 2.45) is 0 Å². The fraction of sp³-hybridized carbons (Fsp3) is 0.892. The van der Waals surface area contributed by atoms with Gasteiger partial charge in [0.15, 0.2) is 6.10 Å². The molecular weight excluding hydrogens is 877 g/mol. The number of rotatable bonds is 59. The summed E-state index contributed by atoms with van der Waals surface area (Å²) in [5.74, 6) is -0.856. The minimum atomic E-state index is -0.769. The van der Waals surface area contributed by atoms with Gasteiger partial charge in [-0.25, -0.2) is 0 Å². The first kappa shape index (κ1) is 68.9. The van der Waals surface area contributed by atoms with Crippen LogP contribution < -0.4 is 0 Å². The maximum Gasteiger partial charge on any atom is 0.306 e. The summed E-state index contributed by atoms with van der Waals surface area (Å²) in [4.78, 5) is 38.1. The van der Waals surface area contributed by atoms with E-state index in [1.165, 1.54) is 250 Å². The second-order valence-corrected chi connectivity index (χ2v) is 21.7. The Labute approximate surface area is 443 Å². The maximum absolute atomic E-state index is 12.8. The number of allylic oxidation sites excluding steroid dienone is 4. The number of hydrogen-bond donors (Lipinski definition) is 0. The van der Waals surface area contributed by atoms with Crippen molar-refractivity contribution in [3.05, 3.63) is 24.3 Å². The van der Waals surface area contributed by atoms with Crippen LogP contribution in [0, 0.1) is 0 Å². The van der Waals surface area contributed by atoms with Crippen LogP contribution in [0.2, 0.25) is 0 Å². The predicted molar refractivity (Wildman–Crippen MR) is 307 cm³/mol. The lowest BCUT2D eigenvalue weighted by atomic mass is 10.0. The molecule has 1 atom stereocenters. The van der Waals surface area contributed by atoms with E-state index in [0.717, 1.165) is 64.2 Å². The first-order valence-corrected chi connectivity index (χ1v) is 31.8. The smallest absolute Gasteiger partial charge is 0.306 e. The molecule has 0 aromatic carbocycles.